The summed E-state index contributed by atoms with van der Waals surface area (Å²) in [5, 5.41) is 11.2. The molecule has 0 saturated heterocycles. The van der Waals surface area contributed by atoms with E-state index in [9.17, 15) is 9.50 Å². The summed E-state index contributed by atoms with van der Waals surface area (Å²) >= 11 is 1.48. The highest BCUT2D eigenvalue weighted by molar-refractivity contribution is 7.19. The van der Waals surface area contributed by atoms with Gasteiger partial charge in [-0.2, -0.15) is 0 Å². The van der Waals surface area contributed by atoms with Gasteiger partial charge in [0.1, 0.15) is 11.9 Å². The van der Waals surface area contributed by atoms with E-state index in [0.29, 0.717) is 0 Å². The minimum atomic E-state index is -0.502. The standard InChI is InChI=1S/C14H13FOS/c15-11-6-5-10-7-13(17-12(10)8-11)14(16)9-3-1-2-4-9/h3,5-8,14,16H,1-2,4H2. The average molecular weight is 248 g/mol. The fourth-order valence-electron chi connectivity index (χ4n) is 2.29. The molecule has 0 spiro atoms. The van der Waals surface area contributed by atoms with Crippen LogP contribution in [0.5, 0.6) is 0 Å². The van der Waals surface area contributed by atoms with Gasteiger partial charge < -0.3 is 5.11 Å². The zero-order valence-corrected chi connectivity index (χ0v) is 10.1. The Morgan fingerprint density at radius 1 is 1.29 bits per heavy atom. The molecule has 0 radical (unpaired) electrons. The Labute approximate surface area is 103 Å². The number of fused-ring (bicyclic) bond motifs is 1. The Hall–Kier alpha value is -1.19. The first-order valence-corrected chi connectivity index (χ1v) is 6.62. The van der Waals surface area contributed by atoms with E-state index in [0.717, 1.165) is 39.8 Å². The Morgan fingerprint density at radius 2 is 2.18 bits per heavy atom. The lowest BCUT2D eigenvalue weighted by Gasteiger charge is -2.08. The minimum absolute atomic E-state index is 0.222. The van der Waals surface area contributed by atoms with Crippen LogP contribution in [-0.2, 0) is 0 Å². The molecule has 1 aliphatic carbocycles. The lowest BCUT2D eigenvalue weighted by molar-refractivity contribution is 0.216. The van der Waals surface area contributed by atoms with E-state index in [2.05, 4.69) is 6.08 Å². The van der Waals surface area contributed by atoms with Crippen molar-refractivity contribution in [1.82, 2.24) is 0 Å². The quantitative estimate of drug-likeness (QED) is 0.790. The average Bonchev–Trinajstić information content (AvgIpc) is 2.96. The molecule has 1 atom stereocenters. The highest BCUT2D eigenvalue weighted by atomic mass is 32.1. The number of aliphatic hydroxyl groups excluding tert-OH is 1. The third kappa shape index (κ3) is 2.01. The van der Waals surface area contributed by atoms with Crippen molar-refractivity contribution in [2.24, 2.45) is 0 Å². The molecule has 1 heterocycles. The lowest BCUT2D eigenvalue weighted by Crippen LogP contribution is -1.96. The molecule has 1 N–H and O–H groups in total. The molecule has 0 bridgehead atoms. The SMILES string of the molecule is OC(C1=CCCC1)c1cc2ccc(F)cc2s1. The van der Waals surface area contributed by atoms with E-state index in [1.165, 1.54) is 23.5 Å². The number of hydrogen-bond donors (Lipinski definition) is 1. The van der Waals surface area contributed by atoms with E-state index in [-0.39, 0.29) is 5.82 Å². The molecule has 1 aromatic carbocycles. The largest absolute Gasteiger partial charge is 0.383 e. The van der Waals surface area contributed by atoms with Gasteiger partial charge in [-0.1, -0.05) is 12.1 Å². The van der Waals surface area contributed by atoms with E-state index in [1.54, 1.807) is 6.07 Å². The van der Waals surface area contributed by atoms with E-state index in [4.69, 9.17) is 0 Å². The Morgan fingerprint density at radius 3 is 2.94 bits per heavy atom. The van der Waals surface area contributed by atoms with Crippen LogP contribution in [0.1, 0.15) is 30.2 Å². The molecule has 3 heteroatoms. The zero-order valence-electron chi connectivity index (χ0n) is 9.32. The normalized spacial score (nSPS) is 17.4. The molecule has 3 rings (SSSR count). The van der Waals surface area contributed by atoms with Gasteiger partial charge in [-0.15, -0.1) is 11.3 Å². The molecule has 0 fully saturated rings. The maximum atomic E-state index is 13.1. The van der Waals surface area contributed by atoms with Gasteiger partial charge in [0.25, 0.3) is 0 Å². The molecular formula is C14H13FOS. The van der Waals surface area contributed by atoms with E-state index >= 15 is 0 Å². The molecule has 1 unspecified atom stereocenters. The Bertz CT molecular complexity index is 585. The van der Waals surface area contributed by atoms with Crippen molar-refractivity contribution < 1.29 is 9.50 Å². The number of aliphatic hydroxyl groups is 1. The second-order valence-corrected chi connectivity index (χ2v) is 5.52. The van der Waals surface area contributed by atoms with Crippen LogP contribution in [-0.4, -0.2) is 5.11 Å². The van der Waals surface area contributed by atoms with Gasteiger partial charge >= 0.3 is 0 Å². The topological polar surface area (TPSA) is 20.2 Å². The summed E-state index contributed by atoms with van der Waals surface area (Å²) in [7, 11) is 0. The van der Waals surface area contributed by atoms with Crippen molar-refractivity contribution in [1.29, 1.82) is 0 Å². The summed E-state index contributed by atoms with van der Waals surface area (Å²) in [6, 6.07) is 6.71. The molecule has 1 aromatic heterocycles. The van der Waals surface area contributed by atoms with Crippen molar-refractivity contribution in [2.45, 2.75) is 25.4 Å². The fourth-order valence-corrected chi connectivity index (χ4v) is 3.41. The van der Waals surface area contributed by atoms with Crippen molar-refractivity contribution in [3.05, 3.63) is 46.6 Å². The molecule has 0 saturated carbocycles. The highest BCUT2D eigenvalue weighted by Crippen LogP contribution is 2.36. The molecule has 88 valence electrons. The maximum Gasteiger partial charge on any atom is 0.124 e. The van der Waals surface area contributed by atoms with Crippen LogP contribution in [0.2, 0.25) is 0 Å². The van der Waals surface area contributed by atoms with Crippen LogP contribution in [0, 0.1) is 5.82 Å². The van der Waals surface area contributed by atoms with Crippen molar-refractivity contribution in [2.75, 3.05) is 0 Å². The number of benzene rings is 1. The summed E-state index contributed by atoms with van der Waals surface area (Å²) < 4.78 is 14.0. The van der Waals surface area contributed by atoms with Gasteiger partial charge in [0, 0.05) is 9.58 Å². The lowest BCUT2D eigenvalue weighted by atomic mass is 10.1. The second kappa shape index (κ2) is 4.24. The number of allylic oxidation sites excluding steroid dienone is 1. The predicted molar refractivity (Wildman–Crippen MR) is 68.7 cm³/mol. The van der Waals surface area contributed by atoms with Crippen LogP contribution in [0.4, 0.5) is 4.39 Å². The van der Waals surface area contributed by atoms with Crippen molar-refractivity contribution in [3.63, 3.8) is 0 Å². The summed E-state index contributed by atoms with van der Waals surface area (Å²) in [6.45, 7) is 0. The van der Waals surface area contributed by atoms with Gasteiger partial charge in [0.15, 0.2) is 0 Å². The maximum absolute atomic E-state index is 13.1. The number of halogens is 1. The van der Waals surface area contributed by atoms with E-state index < -0.39 is 6.10 Å². The van der Waals surface area contributed by atoms with Gasteiger partial charge in [0.2, 0.25) is 0 Å². The molecule has 1 nitrogen and oxygen atoms in total. The zero-order chi connectivity index (χ0) is 11.8. The number of hydrogen-bond acceptors (Lipinski definition) is 2. The minimum Gasteiger partial charge on any atom is -0.383 e. The number of thiophene rings is 1. The molecule has 2 aromatic rings. The highest BCUT2D eigenvalue weighted by Gasteiger charge is 2.18. The Kier molecular flexibility index (Phi) is 2.73. The van der Waals surface area contributed by atoms with Gasteiger partial charge in [-0.3, -0.25) is 0 Å². The fraction of sp³-hybridized carbons (Fsp3) is 0.286. The molecule has 1 aliphatic rings. The molecule has 0 amide bonds. The van der Waals surface area contributed by atoms with Crippen LogP contribution >= 0.6 is 11.3 Å². The van der Waals surface area contributed by atoms with Crippen molar-refractivity contribution >= 4 is 21.4 Å². The summed E-state index contributed by atoms with van der Waals surface area (Å²) in [4.78, 5) is 0.916. The molecular weight excluding hydrogens is 235 g/mol. The first-order chi connectivity index (χ1) is 8.24. The van der Waals surface area contributed by atoms with Gasteiger partial charge in [-0.05, 0) is 48.4 Å². The molecule has 0 aliphatic heterocycles. The van der Waals surface area contributed by atoms with E-state index in [1.807, 2.05) is 6.07 Å². The number of rotatable bonds is 2. The first-order valence-electron chi connectivity index (χ1n) is 5.80. The van der Waals surface area contributed by atoms with Crippen LogP contribution in [0.15, 0.2) is 35.9 Å². The Balaban J connectivity index is 2.00. The summed E-state index contributed by atoms with van der Waals surface area (Å²) in [6.07, 6.45) is 4.79. The van der Waals surface area contributed by atoms with Crippen LogP contribution in [0.25, 0.3) is 10.1 Å². The third-order valence-electron chi connectivity index (χ3n) is 3.20. The first kappa shape index (κ1) is 10.9. The van der Waals surface area contributed by atoms with Gasteiger partial charge in [-0.25, -0.2) is 4.39 Å². The van der Waals surface area contributed by atoms with Crippen LogP contribution in [0.3, 0.4) is 0 Å². The summed E-state index contributed by atoms with van der Waals surface area (Å²) in [5.74, 6) is -0.222. The monoisotopic (exact) mass is 248 g/mol. The molecule has 17 heavy (non-hydrogen) atoms. The third-order valence-corrected chi connectivity index (χ3v) is 4.35. The second-order valence-electron chi connectivity index (χ2n) is 4.40. The predicted octanol–water partition coefficient (Wildman–Crippen LogP) is 4.18. The van der Waals surface area contributed by atoms with Crippen molar-refractivity contribution in [3.8, 4) is 0 Å². The van der Waals surface area contributed by atoms with Gasteiger partial charge in [0.05, 0.1) is 0 Å². The smallest absolute Gasteiger partial charge is 0.124 e. The summed E-state index contributed by atoms with van der Waals surface area (Å²) in [5.41, 5.74) is 1.11. The van der Waals surface area contributed by atoms with Crippen LogP contribution < -0.4 is 0 Å².